The molecule has 2 nitrogen and oxygen atoms in total. The van der Waals surface area contributed by atoms with Crippen LogP contribution in [0.15, 0.2) is 6.20 Å². The molecule has 2 heteroatoms. The third kappa shape index (κ3) is 1.38. The van der Waals surface area contributed by atoms with E-state index in [1.807, 2.05) is 17.8 Å². The molecule has 0 aliphatic heterocycles. The minimum absolute atomic E-state index is 0.0881. The van der Waals surface area contributed by atoms with E-state index < -0.39 is 0 Å². The van der Waals surface area contributed by atoms with Crippen molar-refractivity contribution in [3.8, 4) is 0 Å². The van der Waals surface area contributed by atoms with Crippen LogP contribution in [0.3, 0.4) is 0 Å². The van der Waals surface area contributed by atoms with Crippen molar-refractivity contribution in [2.75, 3.05) is 0 Å². The molecule has 0 aliphatic carbocycles. The van der Waals surface area contributed by atoms with Crippen LogP contribution in [0, 0.1) is 13.0 Å². The van der Waals surface area contributed by atoms with Gasteiger partial charge in [0.2, 0.25) is 0 Å². The molecule has 0 aromatic carbocycles. The predicted octanol–water partition coefficient (Wildman–Crippen LogP) is 1.75. The first-order chi connectivity index (χ1) is 4.50. The molecule has 1 aromatic rings. The number of nitrogens with zero attached hydrogens (tertiary/aromatic N) is 2. The standard InChI is InChI=1S/C8H13N2/c1-7-5-6-10(9-7)8(2,3)4/h6H,1-4H3. The van der Waals surface area contributed by atoms with Gasteiger partial charge in [0, 0.05) is 12.3 Å². The number of aromatic nitrogens is 2. The van der Waals surface area contributed by atoms with Gasteiger partial charge in [-0.25, -0.2) is 0 Å². The molecule has 0 fully saturated rings. The summed E-state index contributed by atoms with van der Waals surface area (Å²) >= 11 is 0. The largest absolute Gasteiger partial charge is 0.267 e. The minimum Gasteiger partial charge on any atom is -0.267 e. The van der Waals surface area contributed by atoms with Crippen molar-refractivity contribution in [3.05, 3.63) is 18.0 Å². The van der Waals surface area contributed by atoms with E-state index in [9.17, 15) is 0 Å². The highest BCUT2D eigenvalue weighted by Gasteiger charge is 2.12. The van der Waals surface area contributed by atoms with Crippen molar-refractivity contribution in [2.24, 2.45) is 0 Å². The Balaban J connectivity index is 2.96. The molecule has 0 atom stereocenters. The zero-order chi connectivity index (χ0) is 7.78. The zero-order valence-electron chi connectivity index (χ0n) is 6.97. The number of hydrogen-bond acceptors (Lipinski definition) is 1. The Morgan fingerprint density at radius 2 is 2.10 bits per heavy atom. The zero-order valence-corrected chi connectivity index (χ0v) is 6.97. The SMILES string of the molecule is Cc1[c]cn(C(C)(C)C)n1. The average Bonchev–Trinajstić information content (AvgIpc) is 2.11. The van der Waals surface area contributed by atoms with Gasteiger partial charge in [0.1, 0.15) is 0 Å². The first kappa shape index (κ1) is 7.32. The van der Waals surface area contributed by atoms with Crippen LogP contribution in [0.4, 0.5) is 0 Å². The van der Waals surface area contributed by atoms with Gasteiger partial charge in [-0.05, 0) is 27.7 Å². The number of rotatable bonds is 0. The van der Waals surface area contributed by atoms with Crippen LogP contribution in [0.2, 0.25) is 0 Å². The van der Waals surface area contributed by atoms with Crippen molar-refractivity contribution in [2.45, 2.75) is 33.2 Å². The van der Waals surface area contributed by atoms with Crippen LogP contribution in [0.1, 0.15) is 26.5 Å². The molecule has 0 saturated heterocycles. The van der Waals surface area contributed by atoms with Crippen LogP contribution in [-0.4, -0.2) is 9.78 Å². The summed E-state index contributed by atoms with van der Waals surface area (Å²) in [5.41, 5.74) is 1.04. The molecule has 0 N–H and O–H groups in total. The quantitative estimate of drug-likeness (QED) is 0.532. The predicted molar refractivity (Wildman–Crippen MR) is 40.8 cm³/mol. The summed E-state index contributed by atoms with van der Waals surface area (Å²) < 4.78 is 1.92. The molecule has 0 spiro atoms. The van der Waals surface area contributed by atoms with Gasteiger partial charge in [-0.1, -0.05) is 0 Å². The second-order valence-corrected chi connectivity index (χ2v) is 3.47. The summed E-state index contributed by atoms with van der Waals surface area (Å²) in [7, 11) is 0. The van der Waals surface area contributed by atoms with Crippen molar-refractivity contribution in [1.82, 2.24) is 9.78 Å². The van der Waals surface area contributed by atoms with E-state index in [0.29, 0.717) is 0 Å². The summed E-state index contributed by atoms with van der Waals surface area (Å²) in [5, 5.41) is 4.24. The summed E-state index contributed by atoms with van der Waals surface area (Å²) in [6, 6.07) is 3.03. The molecule has 0 amide bonds. The summed E-state index contributed by atoms with van der Waals surface area (Å²) in [5.74, 6) is 0. The molecule has 0 aliphatic rings. The van der Waals surface area contributed by atoms with Crippen molar-refractivity contribution in [3.63, 3.8) is 0 Å². The maximum atomic E-state index is 4.24. The lowest BCUT2D eigenvalue weighted by molar-refractivity contribution is 0.354. The maximum Gasteiger partial charge on any atom is 0.0673 e. The van der Waals surface area contributed by atoms with E-state index >= 15 is 0 Å². The van der Waals surface area contributed by atoms with E-state index in [2.05, 4.69) is 31.9 Å². The Labute approximate surface area is 61.9 Å². The van der Waals surface area contributed by atoms with E-state index in [-0.39, 0.29) is 5.54 Å². The Bertz CT molecular complexity index is 217. The van der Waals surface area contributed by atoms with Crippen LogP contribution < -0.4 is 0 Å². The molecule has 55 valence electrons. The lowest BCUT2D eigenvalue weighted by atomic mass is 10.1. The summed E-state index contributed by atoms with van der Waals surface area (Å²) in [6.45, 7) is 8.30. The highest BCUT2D eigenvalue weighted by atomic mass is 15.3. The first-order valence-corrected chi connectivity index (χ1v) is 3.44. The number of hydrogen-bond donors (Lipinski definition) is 0. The lowest BCUT2D eigenvalue weighted by Crippen LogP contribution is -2.22. The van der Waals surface area contributed by atoms with Gasteiger partial charge in [-0.15, -0.1) is 0 Å². The summed E-state index contributed by atoms with van der Waals surface area (Å²) in [4.78, 5) is 0. The fraction of sp³-hybridized carbons (Fsp3) is 0.625. The fourth-order valence-electron chi connectivity index (χ4n) is 0.718. The minimum atomic E-state index is 0.0881. The molecule has 10 heavy (non-hydrogen) atoms. The van der Waals surface area contributed by atoms with Crippen LogP contribution in [0.25, 0.3) is 0 Å². The monoisotopic (exact) mass is 137 g/mol. The van der Waals surface area contributed by atoms with E-state index in [0.717, 1.165) is 5.69 Å². The second kappa shape index (κ2) is 2.11. The average molecular weight is 137 g/mol. The molecule has 0 saturated carbocycles. The molecule has 1 aromatic heterocycles. The van der Waals surface area contributed by atoms with Gasteiger partial charge in [0.05, 0.1) is 11.2 Å². The van der Waals surface area contributed by atoms with Gasteiger partial charge in [0.15, 0.2) is 0 Å². The van der Waals surface area contributed by atoms with Gasteiger partial charge < -0.3 is 0 Å². The topological polar surface area (TPSA) is 17.8 Å². The molecule has 0 unspecified atom stereocenters. The van der Waals surface area contributed by atoms with E-state index in [1.54, 1.807) is 0 Å². The lowest BCUT2D eigenvalue weighted by Gasteiger charge is -2.18. The molecular formula is C8H13N2. The highest BCUT2D eigenvalue weighted by Crippen LogP contribution is 2.11. The third-order valence-corrected chi connectivity index (χ3v) is 1.34. The molecule has 0 bridgehead atoms. The third-order valence-electron chi connectivity index (χ3n) is 1.34. The Morgan fingerprint density at radius 3 is 2.30 bits per heavy atom. The Hall–Kier alpha value is -0.790. The van der Waals surface area contributed by atoms with Crippen LogP contribution in [-0.2, 0) is 5.54 Å². The second-order valence-electron chi connectivity index (χ2n) is 3.47. The normalized spacial score (nSPS) is 12.0. The maximum absolute atomic E-state index is 4.24. The Kier molecular flexibility index (Phi) is 1.55. The van der Waals surface area contributed by atoms with Gasteiger partial charge in [-0.2, -0.15) is 5.10 Å². The smallest absolute Gasteiger partial charge is 0.0673 e. The Morgan fingerprint density at radius 1 is 1.50 bits per heavy atom. The number of aryl methyl sites for hydroxylation is 1. The molecule has 1 heterocycles. The highest BCUT2D eigenvalue weighted by molar-refractivity contribution is 4.94. The van der Waals surface area contributed by atoms with Crippen molar-refractivity contribution >= 4 is 0 Å². The van der Waals surface area contributed by atoms with Crippen molar-refractivity contribution in [1.29, 1.82) is 0 Å². The van der Waals surface area contributed by atoms with Gasteiger partial charge in [-0.3, -0.25) is 4.68 Å². The van der Waals surface area contributed by atoms with Gasteiger partial charge >= 0.3 is 0 Å². The van der Waals surface area contributed by atoms with Crippen LogP contribution >= 0.6 is 0 Å². The van der Waals surface area contributed by atoms with E-state index in [1.165, 1.54) is 0 Å². The molecule has 1 rings (SSSR count). The van der Waals surface area contributed by atoms with E-state index in [4.69, 9.17) is 0 Å². The van der Waals surface area contributed by atoms with Gasteiger partial charge in [0.25, 0.3) is 0 Å². The summed E-state index contributed by atoms with van der Waals surface area (Å²) in [6.07, 6.45) is 1.88. The first-order valence-electron chi connectivity index (χ1n) is 3.44. The fourth-order valence-corrected chi connectivity index (χ4v) is 0.718. The molecule has 1 radical (unpaired) electrons. The van der Waals surface area contributed by atoms with Crippen LogP contribution in [0.5, 0.6) is 0 Å². The van der Waals surface area contributed by atoms with Crippen molar-refractivity contribution < 1.29 is 0 Å². The molecular weight excluding hydrogens is 124 g/mol.